The van der Waals surface area contributed by atoms with Gasteiger partial charge in [0.15, 0.2) is 76.0 Å². The largest absolute Gasteiger partial charge is 0.434 e. The molecule has 382 valence electrons. The molecule has 25 heteroatoms. The molecule has 1 aromatic heterocycles. The minimum absolute atomic E-state index is 0.0552. The minimum atomic E-state index is -7.22. The van der Waals surface area contributed by atoms with Crippen LogP contribution in [-0.2, 0) is 6.54 Å². The number of Topliss-reactive ketones (excluding diaryl/α,β-unsaturated/α-hetero) is 1. The number of rotatable bonds is 10. The van der Waals surface area contributed by atoms with Crippen molar-refractivity contribution in [1.82, 2.24) is 4.98 Å². The Balaban J connectivity index is 0.000000237. The van der Waals surface area contributed by atoms with Crippen molar-refractivity contribution < 1.29 is 102 Å². The van der Waals surface area contributed by atoms with Gasteiger partial charge in [-0.3, -0.25) is 4.79 Å². The molecule has 1 fully saturated rings. The number of halogens is 20. The maximum Gasteiger partial charge on any atom is 0.285 e. The van der Waals surface area contributed by atoms with Crippen LogP contribution in [0.15, 0.2) is 73.2 Å². The third kappa shape index (κ3) is 9.32. The van der Waals surface area contributed by atoms with Gasteiger partial charge in [0, 0.05) is 5.56 Å². The van der Waals surface area contributed by atoms with E-state index >= 15 is 35.1 Å². The molecule has 1 saturated carbocycles. The molecule has 1 aliphatic rings. The molecule has 73 heavy (non-hydrogen) atoms. The zero-order valence-electron chi connectivity index (χ0n) is 36.1. The predicted molar refractivity (Wildman–Crippen MR) is 217 cm³/mol. The van der Waals surface area contributed by atoms with Crippen molar-refractivity contribution in [3.8, 4) is 11.6 Å². The zero-order valence-corrected chi connectivity index (χ0v) is 36.1. The first-order valence-corrected chi connectivity index (χ1v) is 20.9. The van der Waals surface area contributed by atoms with Crippen LogP contribution in [0.3, 0.4) is 0 Å². The fourth-order valence-electron chi connectivity index (χ4n) is 8.68. The average Bonchev–Trinajstić information content (AvgIpc) is 3.39. The predicted octanol–water partition coefficient (Wildman–Crippen LogP) is 10.9. The van der Waals surface area contributed by atoms with E-state index < -0.39 is 144 Å². The van der Waals surface area contributed by atoms with Crippen molar-refractivity contribution in [2.75, 3.05) is 0 Å². The Morgan fingerprint density at radius 3 is 1.16 bits per heavy atom. The Kier molecular flexibility index (Phi) is 15.3. The number of carbonyl (C=O) groups excluding carboxylic acids is 1. The molecule has 4 nitrogen and oxygen atoms in total. The van der Waals surface area contributed by atoms with Gasteiger partial charge in [-0.25, -0.2) is 92.8 Å². The molecular formula is C48H25BF20N2O2. The Morgan fingerprint density at radius 1 is 0.466 bits per heavy atom. The molecule has 0 amide bonds. The monoisotopic (exact) mass is 1050 g/mol. The van der Waals surface area contributed by atoms with E-state index in [4.69, 9.17) is 4.74 Å². The Bertz CT molecular complexity index is 2920. The Morgan fingerprint density at radius 2 is 0.808 bits per heavy atom. The quantitative estimate of drug-likeness (QED) is 0.0342. The summed E-state index contributed by atoms with van der Waals surface area (Å²) in [5.41, 5.74) is -12.2. The molecule has 6 aromatic carbocycles. The molecule has 0 aliphatic heterocycles. The Labute approximate surface area is 397 Å². The number of hydrogen-bond donors (Lipinski definition) is 0. The van der Waals surface area contributed by atoms with Crippen LogP contribution in [-0.4, -0.2) is 16.9 Å². The van der Waals surface area contributed by atoms with E-state index in [-0.39, 0.29) is 12.3 Å². The molecule has 7 aromatic rings. The molecule has 0 unspecified atom stereocenters. The molecule has 0 atom stereocenters. The lowest BCUT2D eigenvalue weighted by Crippen LogP contribution is -2.81. The van der Waals surface area contributed by atoms with Crippen molar-refractivity contribution in [2.24, 2.45) is 0 Å². The minimum Gasteiger partial charge on any atom is -0.434 e. The number of nitrogens with zero attached hydrogens (tertiary/aromatic N) is 2. The van der Waals surface area contributed by atoms with Crippen molar-refractivity contribution in [3.63, 3.8) is 0 Å². The number of ketones is 1. The van der Waals surface area contributed by atoms with Gasteiger partial charge in [-0.1, -0.05) is 61.7 Å². The summed E-state index contributed by atoms with van der Waals surface area (Å²) >= 11 is 0. The van der Waals surface area contributed by atoms with E-state index in [9.17, 15) is 57.5 Å². The first kappa shape index (κ1) is 53.3. The molecular weight excluding hydrogens is 1030 g/mol. The zero-order chi connectivity index (χ0) is 53.5. The van der Waals surface area contributed by atoms with Gasteiger partial charge in [-0.05, 0) is 36.5 Å². The molecule has 0 bridgehead atoms. The second-order valence-electron chi connectivity index (χ2n) is 16.2. The third-order valence-electron chi connectivity index (χ3n) is 12.0. The lowest BCUT2D eigenvalue weighted by Gasteiger charge is -2.44. The maximum atomic E-state index is 15.4. The first-order valence-electron chi connectivity index (χ1n) is 20.9. The van der Waals surface area contributed by atoms with Crippen LogP contribution < -0.4 is 31.2 Å². The topological polar surface area (TPSA) is 43.1 Å². The lowest BCUT2D eigenvalue weighted by atomic mass is 9.12. The van der Waals surface area contributed by atoms with Crippen LogP contribution >= 0.6 is 0 Å². The van der Waals surface area contributed by atoms with Crippen LogP contribution in [0.1, 0.15) is 53.9 Å². The van der Waals surface area contributed by atoms with E-state index in [1.807, 2.05) is 42.5 Å². The number of carbonyl (C=O) groups is 1. The van der Waals surface area contributed by atoms with Gasteiger partial charge in [0.2, 0.25) is 18.5 Å². The molecule has 1 aliphatic carbocycles. The highest BCUT2D eigenvalue weighted by Gasteiger charge is 2.52. The SMILES string of the molecule is Fc1c(F)c(F)c([B-](c2c(F)c(F)c(F)c(F)c2F)(c2c(F)c(F)c(F)c(F)c2F)c2c(F)c(F)c(F)c(F)c2F)c(F)c1F.O=C(C[n+]1ccnc(Oc2ccc(C3CCCCC3)cc2)c1)c1ccccc1. The standard InChI is InChI=1S/C24BF20.C24H25N2O2/c26-5-1(6(27)14(35)21(42)13(5)34)25(2-7(28)15(36)22(43)16(37)8(2)29,3-9(30)17(38)23(44)18(39)10(3)31)4-11(32)19(40)24(45)20(41)12(4)33;27-23(21-9-5-2-6-10-21)17-26-16-15-25-24(18-26)28-22-13-11-20(12-14-22)19-7-3-1-4-8-19/h;2,5-6,9-16,18-19H,1,3-4,7-8,17H2/q-1;+1. The van der Waals surface area contributed by atoms with Crippen molar-refractivity contribution >= 4 is 33.8 Å². The molecule has 0 saturated heterocycles. The maximum absolute atomic E-state index is 15.4. The van der Waals surface area contributed by atoms with Gasteiger partial charge in [-0.2, -0.15) is 4.57 Å². The summed E-state index contributed by atoms with van der Waals surface area (Å²) < 4.78 is 302. The van der Waals surface area contributed by atoms with Crippen molar-refractivity contribution in [1.29, 1.82) is 0 Å². The van der Waals surface area contributed by atoms with Gasteiger partial charge in [-0.15, -0.1) is 21.9 Å². The Hall–Kier alpha value is -7.47. The molecule has 0 spiro atoms. The molecule has 0 radical (unpaired) electrons. The second kappa shape index (κ2) is 20.9. The molecule has 8 rings (SSSR count). The highest BCUT2D eigenvalue weighted by molar-refractivity contribution is 7.20. The number of ether oxygens (including phenoxy) is 1. The second-order valence-corrected chi connectivity index (χ2v) is 16.2. The van der Waals surface area contributed by atoms with Gasteiger partial charge in [0.25, 0.3) is 5.88 Å². The molecule has 0 N–H and O–H groups in total. The smallest absolute Gasteiger partial charge is 0.285 e. The molecule has 1 heterocycles. The summed E-state index contributed by atoms with van der Waals surface area (Å²) in [5.74, 6) is -69.4. The third-order valence-corrected chi connectivity index (χ3v) is 12.0. The summed E-state index contributed by atoms with van der Waals surface area (Å²) in [4.78, 5) is 16.7. The average molecular weight is 1050 g/mol. The summed E-state index contributed by atoms with van der Waals surface area (Å²) in [5, 5.41) is 0. The highest BCUT2D eigenvalue weighted by Crippen LogP contribution is 2.34. The number of benzene rings is 6. The van der Waals surface area contributed by atoms with E-state index in [1.54, 1.807) is 23.2 Å². The summed E-state index contributed by atoms with van der Waals surface area (Å²) in [6.07, 6.45) is 4.58. The lowest BCUT2D eigenvalue weighted by molar-refractivity contribution is -0.683. The van der Waals surface area contributed by atoms with Gasteiger partial charge >= 0.3 is 0 Å². The number of hydrogen-bond acceptors (Lipinski definition) is 3. The summed E-state index contributed by atoms with van der Waals surface area (Å²) in [6, 6.07) is 17.7. The van der Waals surface area contributed by atoms with Crippen LogP contribution in [0.5, 0.6) is 11.6 Å². The van der Waals surface area contributed by atoms with Crippen molar-refractivity contribution in [3.05, 3.63) is 201 Å². The van der Waals surface area contributed by atoms with Crippen LogP contribution in [0.2, 0.25) is 0 Å². The van der Waals surface area contributed by atoms with Crippen molar-refractivity contribution in [2.45, 2.75) is 44.6 Å². The van der Waals surface area contributed by atoms with Crippen LogP contribution in [0, 0.1) is 116 Å². The number of aromatic nitrogens is 2. The normalized spacial score (nSPS) is 13.0. The van der Waals surface area contributed by atoms with E-state index in [1.165, 1.54) is 37.7 Å². The van der Waals surface area contributed by atoms with E-state index in [2.05, 4.69) is 17.1 Å². The fourth-order valence-corrected chi connectivity index (χ4v) is 8.68. The van der Waals surface area contributed by atoms with Crippen LogP contribution in [0.4, 0.5) is 87.8 Å². The summed E-state index contributed by atoms with van der Waals surface area (Å²) in [6.45, 7) is 0.253. The van der Waals surface area contributed by atoms with Gasteiger partial charge < -0.3 is 4.74 Å². The van der Waals surface area contributed by atoms with Crippen LogP contribution in [0.25, 0.3) is 0 Å². The van der Waals surface area contributed by atoms with Gasteiger partial charge in [0.1, 0.15) is 58.4 Å². The van der Waals surface area contributed by atoms with E-state index in [0.717, 1.165) is 5.75 Å². The van der Waals surface area contributed by atoms with Gasteiger partial charge in [0.05, 0.1) is 6.20 Å². The summed E-state index contributed by atoms with van der Waals surface area (Å²) in [7, 11) is 0. The first-order chi connectivity index (χ1) is 34.5. The van der Waals surface area contributed by atoms with E-state index in [0.29, 0.717) is 17.4 Å². The fraction of sp³-hybridized carbons (Fsp3) is 0.146. The highest BCUT2D eigenvalue weighted by atomic mass is 19.2.